The fourth-order valence-electron chi connectivity index (χ4n) is 2.05. The van der Waals surface area contributed by atoms with Crippen LogP contribution in [0.25, 0.3) is 0 Å². The Hall–Kier alpha value is -1.24. The zero-order valence-electron chi connectivity index (χ0n) is 12.3. The average molecular weight is 405 g/mol. The molecule has 0 spiro atoms. The van der Waals surface area contributed by atoms with Gasteiger partial charge in [-0.2, -0.15) is 0 Å². The first-order valence-corrected chi connectivity index (χ1v) is 9.03. The van der Waals surface area contributed by atoms with Crippen LogP contribution in [0.1, 0.15) is 11.1 Å². The van der Waals surface area contributed by atoms with Gasteiger partial charge in [-0.3, -0.25) is 4.72 Å². The van der Waals surface area contributed by atoms with Gasteiger partial charge in [0.05, 0.1) is 22.7 Å². The highest BCUT2D eigenvalue weighted by Crippen LogP contribution is 2.30. The maximum Gasteiger partial charge on any atom is 0.262 e. The molecule has 118 valence electrons. The topological polar surface area (TPSA) is 55.4 Å². The predicted octanol–water partition coefficient (Wildman–Crippen LogP) is 4.53. The lowest BCUT2D eigenvalue weighted by Crippen LogP contribution is -2.15. The van der Waals surface area contributed by atoms with Crippen LogP contribution in [0.4, 0.5) is 5.69 Å². The van der Waals surface area contributed by atoms with Crippen LogP contribution in [-0.2, 0) is 10.0 Å². The lowest BCUT2D eigenvalue weighted by atomic mass is 10.1. The van der Waals surface area contributed by atoms with Gasteiger partial charge in [-0.25, -0.2) is 8.42 Å². The molecule has 0 unspecified atom stereocenters. The van der Waals surface area contributed by atoms with Gasteiger partial charge in [0.2, 0.25) is 0 Å². The van der Waals surface area contributed by atoms with Gasteiger partial charge in [-0.1, -0.05) is 11.6 Å². The number of halogens is 2. The van der Waals surface area contributed by atoms with Gasteiger partial charge in [0.15, 0.2) is 0 Å². The highest BCUT2D eigenvalue weighted by molar-refractivity contribution is 9.10. The molecule has 0 atom stereocenters. The molecule has 0 amide bonds. The number of rotatable bonds is 4. The fraction of sp³-hybridized carbons (Fsp3) is 0.200. The summed E-state index contributed by atoms with van der Waals surface area (Å²) in [7, 11) is -2.15. The second-order valence-electron chi connectivity index (χ2n) is 4.75. The van der Waals surface area contributed by atoms with E-state index in [4.69, 9.17) is 16.3 Å². The Morgan fingerprint density at radius 3 is 2.41 bits per heavy atom. The SMILES string of the molecule is COc1ccc(S(=O)(=O)Nc2ccc(Br)c(Cl)c2)c(C)c1C. The molecule has 7 heteroatoms. The molecule has 0 saturated heterocycles. The average Bonchev–Trinajstić information content (AvgIpc) is 2.45. The van der Waals surface area contributed by atoms with E-state index in [1.165, 1.54) is 6.07 Å². The molecule has 2 aromatic carbocycles. The molecule has 0 fully saturated rings. The largest absolute Gasteiger partial charge is 0.496 e. The maximum atomic E-state index is 12.6. The Morgan fingerprint density at radius 1 is 1.14 bits per heavy atom. The second kappa shape index (κ2) is 6.48. The first-order valence-electron chi connectivity index (χ1n) is 6.38. The summed E-state index contributed by atoms with van der Waals surface area (Å²) < 4.78 is 33.6. The molecule has 2 aromatic rings. The minimum atomic E-state index is -3.70. The van der Waals surface area contributed by atoms with Crippen LogP contribution in [0.15, 0.2) is 39.7 Å². The van der Waals surface area contributed by atoms with Gasteiger partial charge in [0, 0.05) is 4.47 Å². The van der Waals surface area contributed by atoms with Gasteiger partial charge in [-0.05, 0) is 71.2 Å². The summed E-state index contributed by atoms with van der Waals surface area (Å²) in [6.45, 7) is 3.57. The monoisotopic (exact) mass is 403 g/mol. The van der Waals surface area contributed by atoms with Crippen LogP contribution in [0.2, 0.25) is 5.02 Å². The van der Waals surface area contributed by atoms with Crippen molar-refractivity contribution in [2.24, 2.45) is 0 Å². The van der Waals surface area contributed by atoms with Crippen molar-refractivity contribution in [3.05, 3.63) is 51.0 Å². The molecule has 4 nitrogen and oxygen atoms in total. The highest BCUT2D eigenvalue weighted by atomic mass is 79.9. The third-order valence-electron chi connectivity index (χ3n) is 3.37. The van der Waals surface area contributed by atoms with E-state index < -0.39 is 10.0 Å². The zero-order valence-corrected chi connectivity index (χ0v) is 15.4. The summed E-state index contributed by atoms with van der Waals surface area (Å²) in [6.07, 6.45) is 0. The lowest BCUT2D eigenvalue weighted by Gasteiger charge is -2.14. The molecule has 0 heterocycles. The fourth-order valence-corrected chi connectivity index (χ4v) is 3.83. The number of ether oxygens (including phenoxy) is 1. The lowest BCUT2D eigenvalue weighted by molar-refractivity contribution is 0.411. The van der Waals surface area contributed by atoms with Gasteiger partial charge in [-0.15, -0.1) is 0 Å². The molecule has 0 aliphatic rings. The molecule has 0 radical (unpaired) electrons. The number of benzene rings is 2. The summed E-state index contributed by atoms with van der Waals surface area (Å²) in [6, 6.07) is 8.05. The number of hydrogen-bond acceptors (Lipinski definition) is 3. The molecule has 0 saturated carbocycles. The Labute approximate surface area is 143 Å². The Balaban J connectivity index is 2.42. The number of anilines is 1. The van der Waals surface area contributed by atoms with Crippen molar-refractivity contribution < 1.29 is 13.2 Å². The van der Waals surface area contributed by atoms with Crippen LogP contribution in [0.3, 0.4) is 0 Å². The van der Waals surface area contributed by atoms with Crippen molar-refractivity contribution in [1.29, 1.82) is 0 Å². The standard InChI is InChI=1S/C15H15BrClNO3S/c1-9-10(2)15(7-6-14(9)21-3)22(19,20)18-11-4-5-12(16)13(17)8-11/h4-8,18H,1-3H3. The van der Waals surface area contributed by atoms with E-state index in [1.54, 1.807) is 38.3 Å². The summed E-state index contributed by atoms with van der Waals surface area (Å²) >= 11 is 9.25. The molecular weight excluding hydrogens is 390 g/mol. The van der Waals surface area contributed by atoms with Gasteiger partial charge >= 0.3 is 0 Å². The van der Waals surface area contributed by atoms with Gasteiger partial charge in [0.1, 0.15) is 5.75 Å². The molecule has 0 aliphatic carbocycles. The van der Waals surface area contributed by atoms with Crippen molar-refractivity contribution in [3.8, 4) is 5.75 Å². The first kappa shape index (κ1) is 17.1. The van der Waals surface area contributed by atoms with Crippen molar-refractivity contribution >= 4 is 43.2 Å². The molecule has 1 N–H and O–H groups in total. The summed E-state index contributed by atoms with van der Waals surface area (Å²) in [4.78, 5) is 0.213. The Bertz CT molecular complexity index is 822. The molecule has 0 aliphatic heterocycles. The minimum absolute atomic E-state index is 0.213. The third-order valence-corrected chi connectivity index (χ3v) is 6.13. The smallest absolute Gasteiger partial charge is 0.262 e. The quantitative estimate of drug-likeness (QED) is 0.814. The van der Waals surface area contributed by atoms with Crippen molar-refractivity contribution in [2.75, 3.05) is 11.8 Å². The van der Waals surface area contributed by atoms with Crippen molar-refractivity contribution in [3.63, 3.8) is 0 Å². The minimum Gasteiger partial charge on any atom is -0.496 e. The third kappa shape index (κ3) is 3.39. The molecule has 2 rings (SSSR count). The molecular formula is C15H15BrClNO3S. The van der Waals surface area contributed by atoms with Crippen LogP contribution in [-0.4, -0.2) is 15.5 Å². The Kier molecular flexibility index (Phi) is 5.04. The first-order chi connectivity index (χ1) is 10.3. The number of hydrogen-bond donors (Lipinski definition) is 1. The van der Waals surface area contributed by atoms with E-state index in [0.717, 1.165) is 5.56 Å². The number of sulfonamides is 1. The highest BCUT2D eigenvalue weighted by Gasteiger charge is 2.20. The summed E-state index contributed by atoms with van der Waals surface area (Å²) in [5, 5.41) is 0.433. The second-order valence-corrected chi connectivity index (χ2v) is 7.66. The van der Waals surface area contributed by atoms with Crippen LogP contribution < -0.4 is 9.46 Å². The van der Waals surface area contributed by atoms with Crippen LogP contribution >= 0.6 is 27.5 Å². The van der Waals surface area contributed by atoms with Crippen LogP contribution in [0.5, 0.6) is 5.75 Å². The summed E-state index contributed by atoms with van der Waals surface area (Å²) in [5.74, 6) is 0.656. The van der Waals surface area contributed by atoms with E-state index in [2.05, 4.69) is 20.7 Å². The Morgan fingerprint density at radius 2 is 1.82 bits per heavy atom. The van der Waals surface area contributed by atoms with Gasteiger partial charge < -0.3 is 4.74 Å². The van der Waals surface area contributed by atoms with Crippen molar-refractivity contribution in [2.45, 2.75) is 18.7 Å². The normalized spacial score (nSPS) is 11.3. The van der Waals surface area contributed by atoms with Gasteiger partial charge in [0.25, 0.3) is 10.0 Å². The van der Waals surface area contributed by atoms with E-state index in [0.29, 0.717) is 26.5 Å². The van der Waals surface area contributed by atoms with E-state index >= 15 is 0 Å². The van der Waals surface area contributed by atoms with Crippen molar-refractivity contribution in [1.82, 2.24) is 0 Å². The molecule has 22 heavy (non-hydrogen) atoms. The number of methoxy groups -OCH3 is 1. The zero-order chi connectivity index (χ0) is 16.5. The van der Waals surface area contributed by atoms with Crippen LogP contribution in [0, 0.1) is 13.8 Å². The predicted molar refractivity (Wildman–Crippen MR) is 92.4 cm³/mol. The van der Waals surface area contributed by atoms with E-state index in [-0.39, 0.29) is 4.90 Å². The summed E-state index contributed by atoms with van der Waals surface area (Å²) in [5.41, 5.74) is 1.84. The van der Waals surface area contributed by atoms with E-state index in [1.807, 2.05) is 6.92 Å². The molecule has 0 aromatic heterocycles. The maximum absolute atomic E-state index is 12.6. The van der Waals surface area contributed by atoms with E-state index in [9.17, 15) is 8.42 Å². The molecule has 0 bridgehead atoms. The number of nitrogens with one attached hydrogen (secondary N) is 1.